The summed E-state index contributed by atoms with van der Waals surface area (Å²) in [6.07, 6.45) is 0.207. The Labute approximate surface area is 83.8 Å². The molecule has 1 unspecified atom stereocenters. The topological polar surface area (TPSA) is 64.6 Å². The molecule has 0 radical (unpaired) electrons. The van der Waals surface area contributed by atoms with Gasteiger partial charge in [-0.05, 0) is 13.3 Å². The summed E-state index contributed by atoms with van der Waals surface area (Å²) in [5, 5.41) is 2.58. The number of amides is 1. The van der Waals surface area contributed by atoms with Crippen LogP contribution in [0.2, 0.25) is 0 Å². The van der Waals surface area contributed by atoms with Crippen LogP contribution in [0.15, 0.2) is 0 Å². The Morgan fingerprint density at radius 1 is 1.29 bits per heavy atom. The molecule has 5 nitrogen and oxygen atoms in total. The second kappa shape index (κ2) is 7.17. The van der Waals surface area contributed by atoms with Crippen molar-refractivity contribution >= 4 is 12.1 Å². The van der Waals surface area contributed by atoms with Gasteiger partial charge in [0.15, 0.2) is 0 Å². The molecular formula is C9H17NO4. The van der Waals surface area contributed by atoms with Crippen LogP contribution in [-0.2, 0) is 14.3 Å². The first kappa shape index (κ1) is 12.7. The number of nitrogens with one attached hydrogen (secondary N) is 1. The normalized spacial score (nSPS) is 11.6. The van der Waals surface area contributed by atoms with E-state index in [1.54, 1.807) is 6.92 Å². The van der Waals surface area contributed by atoms with Crippen LogP contribution in [0.3, 0.4) is 0 Å². The minimum absolute atomic E-state index is 0.182. The number of ether oxygens (including phenoxy) is 2. The lowest BCUT2D eigenvalue weighted by Gasteiger charge is -2.15. The van der Waals surface area contributed by atoms with Crippen molar-refractivity contribution in [2.45, 2.75) is 33.2 Å². The molecule has 0 saturated heterocycles. The average molecular weight is 203 g/mol. The van der Waals surface area contributed by atoms with E-state index in [9.17, 15) is 9.59 Å². The van der Waals surface area contributed by atoms with Crippen LogP contribution in [-0.4, -0.2) is 31.3 Å². The zero-order valence-electron chi connectivity index (χ0n) is 8.83. The van der Waals surface area contributed by atoms with E-state index >= 15 is 0 Å². The molecule has 82 valence electrons. The van der Waals surface area contributed by atoms with Crippen LogP contribution < -0.4 is 5.32 Å². The van der Waals surface area contributed by atoms with Gasteiger partial charge in [-0.1, -0.05) is 6.92 Å². The van der Waals surface area contributed by atoms with E-state index in [0.717, 1.165) is 0 Å². The average Bonchev–Trinajstić information content (AvgIpc) is 2.12. The Hall–Kier alpha value is -1.26. The van der Waals surface area contributed by atoms with Crippen molar-refractivity contribution in [3.05, 3.63) is 0 Å². The van der Waals surface area contributed by atoms with Crippen molar-refractivity contribution in [3.63, 3.8) is 0 Å². The molecule has 1 atom stereocenters. The lowest BCUT2D eigenvalue weighted by atomic mass is 10.2. The van der Waals surface area contributed by atoms with E-state index in [1.807, 2.05) is 6.92 Å². The molecular weight excluding hydrogens is 186 g/mol. The molecule has 0 aromatic heterocycles. The summed E-state index contributed by atoms with van der Waals surface area (Å²) >= 11 is 0. The molecule has 0 fully saturated rings. The second-order valence-corrected chi connectivity index (χ2v) is 2.77. The summed E-state index contributed by atoms with van der Waals surface area (Å²) in [5.41, 5.74) is 0. The monoisotopic (exact) mass is 203 g/mol. The van der Waals surface area contributed by atoms with Gasteiger partial charge >= 0.3 is 12.1 Å². The van der Waals surface area contributed by atoms with Crippen molar-refractivity contribution in [1.29, 1.82) is 0 Å². The van der Waals surface area contributed by atoms with Gasteiger partial charge in [0, 0.05) is 6.92 Å². The molecule has 0 rings (SSSR count). The summed E-state index contributed by atoms with van der Waals surface area (Å²) in [7, 11) is 0. The van der Waals surface area contributed by atoms with Crippen LogP contribution in [0, 0.1) is 0 Å². The van der Waals surface area contributed by atoms with Crippen LogP contribution in [0.25, 0.3) is 0 Å². The Morgan fingerprint density at radius 2 is 1.93 bits per heavy atom. The molecule has 0 aromatic rings. The molecule has 0 aliphatic rings. The van der Waals surface area contributed by atoms with Gasteiger partial charge in [0.2, 0.25) is 0 Å². The maximum Gasteiger partial charge on any atom is 0.407 e. The Bertz CT molecular complexity index is 193. The maximum absolute atomic E-state index is 11.0. The van der Waals surface area contributed by atoms with Gasteiger partial charge < -0.3 is 14.8 Å². The van der Waals surface area contributed by atoms with Gasteiger partial charge in [-0.25, -0.2) is 4.79 Å². The summed E-state index contributed by atoms with van der Waals surface area (Å²) < 4.78 is 9.46. The van der Waals surface area contributed by atoms with Gasteiger partial charge in [0.25, 0.3) is 0 Å². The molecule has 0 bridgehead atoms. The first-order valence-electron chi connectivity index (χ1n) is 4.66. The minimum Gasteiger partial charge on any atom is -0.464 e. The molecule has 0 heterocycles. The van der Waals surface area contributed by atoms with Crippen LogP contribution >= 0.6 is 0 Å². The van der Waals surface area contributed by atoms with E-state index in [2.05, 4.69) is 5.32 Å². The molecule has 1 amide bonds. The van der Waals surface area contributed by atoms with Crippen molar-refractivity contribution in [1.82, 2.24) is 5.32 Å². The van der Waals surface area contributed by atoms with Gasteiger partial charge in [-0.2, -0.15) is 0 Å². The third-order valence-electron chi connectivity index (χ3n) is 1.58. The lowest BCUT2D eigenvalue weighted by Crippen LogP contribution is -2.38. The van der Waals surface area contributed by atoms with E-state index in [4.69, 9.17) is 9.47 Å². The first-order valence-corrected chi connectivity index (χ1v) is 4.66. The maximum atomic E-state index is 11.0. The standard InChI is InChI=1S/C9H17NO4/c1-4-8(6-14-7(3)11)10-9(12)13-5-2/h8H,4-6H2,1-3H3,(H,10,12). The molecule has 1 N–H and O–H groups in total. The fourth-order valence-electron chi connectivity index (χ4n) is 0.819. The third-order valence-corrected chi connectivity index (χ3v) is 1.58. The molecule has 14 heavy (non-hydrogen) atoms. The summed E-state index contributed by atoms with van der Waals surface area (Å²) in [4.78, 5) is 21.5. The third kappa shape index (κ3) is 6.28. The predicted octanol–water partition coefficient (Wildman–Crippen LogP) is 1.07. The highest BCUT2D eigenvalue weighted by molar-refractivity contribution is 5.68. The fraction of sp³-hybridized carbons (Fsp3) is 0.778. The van der Waals surface area contributed by atoms with E-state index in [1.165, 1.54) is 6.92 Å². The number of alkyl carbamates (subject to hydrolysis) is 1. The van der Waals surface area contributed by atoms with Gasteiger partial charge in [-0.15, -0.1) is 0 Å². The van der Waals surface area contributed by atoms with E-state index < -0.39 is 6.09 Å². The SMILES string of the molecule is CCOC(=O)NC(CC)COC(C)=O. The van der Waals surface area contributed by atoms with Gasteiger partial charge in [0.05, 0.1) is 12.6 Å². The molecule has 0 saturated carbocycles. The number of hydrogen-bond donors (Lipinski definition) is 1. The Balaban J connectivity index is 3.78. The largest absolute Gasteiger partial charge is 0.464 e. The van der Waals surface area contributed by atoms with Gasteiger partial charge in [0.1, 0.15) is 6.61 Å². The van der Waals surface area contributed by atoms with E-state index in [0.29, 0.717) is 13.0 Å². The van der Waals surface area contributed by atoms with Crippen molar-refractivity contribution in [2.75, 3.05) is 13.2 Å². The summed E-state index contributed by atoms with van der Waals surface area (Å²) in [6.45, 7) is 5.46. The van der Waals surface area contributed by atoms with Gasteiger partial charge in [-0.3, -0.25) is 4.79 Å². The zero-order valence-corrected chi connectivity index (χ0v) is 8.83. The number of esters is 1. The number of carbonyl (C=O) groups excluding carboxylic acids is 2. The Kier molecular flexibility index (Phi) is 6.53. The summed E-state index contributed by atoms with van der Waals surface area (Å²) in [6, 6.07) is -0.182. The van der Waals surface area contributed by atoms with Crippen molar-refractivity contribution in [3.8, 4) is 0 Å². The molecule has 0 aromatic carbocycles. The fourth-order valence-corrected chi connectivity index (χ4v) is 0.819. The lowest BCUT2D eigenvalue weighted by molar-refractivity contribution is -0.141. The highest BCUT2D eigenvalue weighted by Crippen LogP contribution is 1.93. The molecule has 0 aliphatic carbocycles. The molecule has 0 spiro atoms. The highest BCUT2D eigenvalue weighted by Gasteiger charge is 2.11. The molecule has 0 aliphatic heterocycles. The first-order chi connectivity index (χ1) is 6.60. The van der Waals surface area contributed by atoms with Crippen molar-refractivity contribution < 1.29 is 19.1 Å². The Morgan fingerprint density at radius 3 is 2.36 bits per heavy atom. The van der Waals surface area contributed by atoms with Crippen LogP contribution in [0.4, 0.5) is 4.79 Å². The predicted molar refractivity (Wildman–Crippen MR) is 50.9 cm³/mol. The second-order valence-electron chi connectivity index (χ2n) is 2.77. The van der Waals surface area contributed by atoms with Crippen LogP contribution in [0.5, 0.6) is 0 Å². The zero-order chi connectivity index (χ0) is 11.0. The minimum atomic E-state index is -0.480. The summed E-state index contributed by atoms with van der Waals surface area (Å²) in [5.74, 6) is -0.353. The number of rotatable bonds is 5. The van der Waals surface area contributed by atoms with E-state index in [-0.39, 0.29) is 18.6 Å². The van der Waals surface area contributed by atoms with Crippen molar-refractivity contribution in [2.24, 2.45) is 0 Å². The quantitative estimate of drug-likeness (QED) is 0.679. The van der Waals surface area contributed by atoms with Crippen LogP contribution in [0.1, 0.15) is 27.2 Å². The number of hydrogen-bond acceptors (Lipinski definition) is 4. The highest BCUT2D eigenvalue weighted by atomic mass is 16.6. The smallest absolute Gasteiger partial charge is 0.407 e. The molecule has 5 heteroatoms. The number of carbonyl (C=O) groups is 2.